The minimum atomic E-state index is -0.0147. The van der Waals surface area contributed by atoms with E-state index in [-0.39, 0.29) is 5.24 Å². The van der Waals surface area contributed by atoms with Gasteiger partial charge in [-0.1, -0.05) is 29.3 Å². The Morgan fingerprint density at radius 2 is 1.44 bits per heavy atom. The van der Waals surface area contributed by atoms with Crippen molar-refractivity contribution in [2.45, 2.75) is 25.7 Å². The molecular formula is C26H30Cl2N8OS2. The Hall–Kier alpha value is -2.47. The summed E-state index contributed by atoms with van der Waals surface area (Å²) in [6.45, 7) is 6.89. The number of thiazole rings is 1. The third kappa shape index (κ3) is 6.16. The molecule has 1 amide bonds. The normalized spacial score (nSPS) is 17.8. The van der Waals surface area contributed by atoms with Gasteiger partial charge >= 0.3 is 5.24 Å². The number of rotatable bonds is 6. The number of anilines is 4. The van der Waals surface area contributed by atoms with Crippen LogP contribution in [0.4, 0.5) is 27.5 Å². The molecule has 0 aliphatic carbocycles. The van der Waals surface area contributed by atoms with E-state index in [9.17, 15) is 4.79 Å². The molecule has 3 aliphatic rings. The van der Waals surface area contributed by atoms with Crippen LogP contribution in [0, 0.1) is 0 Å². The Morgan fingerprint density at radius 3 is 2.10 bits per heavy atom. The van der Waals surface area contributed by atoms with Crippen LogP contribution in [0.1, 0.15) is 25.7 Å². The SMILES string of the molecule is O=C(SNc1nc(-c2ccc(Cl)c(Cl)c2)cs1)N1CCN(c2cc(N3CCCC3)nc(N3CCCC3)n2)CC1. The number of nitrogens with one attached hydrogen (secondary N) is 1. The van der Waals surface area contributed by atoms with Gasteiger partial charge in [0.05, 0.1) is 15.7 Å². The smallest absolute Gasteiger partial charge is 0.302 e. The van der Waals surface area contributed by atoms with Crippen LogP contribution >= 0.6 is 46.5 Å². The third-order valence-electron chi connectivity index (χ3n) is 7.31. The highest BCUT2D eigenvalue weighted by Crippen LogP contribution is 2.32. The molecule has 0 spiro atoms. The minimum Gasteiger partial charge on any atom is -0.356 e. The number of carbonyl (C=O) groups is 1. The fourth-order valence-corrected chi connectivity index (χ4v) is 6.83. The molecule has 0 atom stereocenters. The predicted octanol–water partition coefficient (Wildman–Crippen LogP) is 6.11. The van der Waals surface area contributed by atoms with Crippen LogP contribution in [-0.2, 0) is 0 Å². The number of carbonyl (C=O) groups excluding carboxylic acids is 1. The summed E-state index contributed by atoms with van der Waals surface area (Å²) in [7, 11) is 0. The molecule has 2 aromatic heterocycles. The third-order valence-corrected chi connectivity index (χ3v) is 9.67. The van der Waals surface area contributed by atoms with Crippen molar-refractivity contribution < 1.29 is 4.79 Å². The van der Waals surface area contributed by atoms with Gasteiger partial charge in [0.25, 0.3) is 0 Å². The molecule has 0 unspecified atom stereocenters. The summed E-state index contributed by atoms with van der Waals surface area (Å²) in [6.07, 6.45) is 4.80. The van der Waals surface area contributed by atoms with Crippen molar-refractivity contribution in [2.24, 2.45) is 0 Å². The summed E-state index contributed by atoms with van der Waals surface area (Å²) >= 11 is 14.7. The second-order valence-corrected chi connectivity index (χ2v) is 12.3. The minimum absolute atomic E-state index is 0.0147. The van der Waals surface area contributed by atoms with Gasteiger partial charge in [-0.05, 0) is 37.8 Å². The van der Waals surface area contributed by atoms with E-state index >= 15 is 0 Å². The molecule has 5 heterocycles. The predicted molar refractivity (Wildman–Crippen MR) is 163 cm³/mol. The molecule has 13 heteroatoms. The maximum absolute atomic E-state index is 12.9. The molecule has 3 aromatic rings. The van der Waals surface area contributed by atoms with Crippen molar-refractivity contribution in [2.75, 3.05) is 71.8 Å². The molecule has 206 valence electrons. The maximum Gasteiger partial charge on any atom is 0.302 e. The standard InChI is InChI=1S/C26H30Cl2N8OS2/c27-19-6-5-18(15-20(19)28)21-17-38-25(29-21)32-39-26(37)36-13-11-34(12-14-36)23-16-22(33-7-1-2-8-33)30-24(31-23)35-9-3-4-10-35/h5-6,15-17H,1-4,7-14H2,(H,29,32). The molecule has 0 saturated carbocycles. The summed E-state index contributed by atoms with van der Waals surface area (Å²) in [5.41, 5.74) is 1.67. The second-order valence-electron chi connectivity index (χ2n) is 9.88. The number of halogens is 2. The monoisotopic (exact) mass is 604 g/mol. The van der Waals surface area contributed by atoms with E-state index in [1.54, 1.807) is 12.1 Å². The maximum atomic E-state index is 12.9. The zero-order chi connectivity index (χ0) is 26.8. The van der Waals surface area contributed by atoms with Gasteiger partial charge in [0.1, 0.15) is 11.6 Å². The number of hydrogen-bond acceptors (Lipinski definition) is 10. The summed E-state index contributed by atoms with van der Waals surface area (Å²) in [4.78, 5) is 36.3. The fraction of sp³-hybridized carbons (Fsp3) is 0.462. The summed E-state index contributed by atoms with van der Waals surface area (Å²) in [6, 6.07) is 7.56. The average Bonchev–Trinajstić information content (AvgIpc) is 3.76. The molecule has 3 aliphatic heterocycles. The Balaban J connectivity index is 1.06. The van der Waals surface area contributed by atoms with Gasteiger partial charge in [-0.3, -0.25) is 9.52 Å². The Bertz CT molecular complexity index is 1290. The van der Waals surface area contributed by atoms with Crippen molar-refractivity contribution in [3.8, 4) is 11.3 Å². The first-order valence-corrected chi connectivity index (χ1v) is 15.8. The van der Waals surface area contributed by atoms with Crippen LogP contribution in [0.5, 0.6) is 0 Å². The van der Waals surface area contributed by atoms with Crippen molar-refractivity contribution in [3.63, 3.8) is 0 Å². The van der Waals surface area contributed by atoms with Crippen molar-refractivity contribution >= 4 is 74.4 Å². The topological polar surface area (TPSA) is 80.7 Å². The first kappa shape index (κ1) is 26.7. The zero-order valence-electron chi connectivity index (χ0n) is 21.5. The van der Waals surface area contributed by atoms with Gasteiger partial charge in [-0.2, -0.15) is 9.97 Å². The summed E-state index contributed by atoms with van der Waals surface area (Å²) < 4.78 is 3.11. The Kier molecular flexibility index (Phi) is 8.20. The number of nitrogens with zero attached hydrogens (tertiary/aromatic N) is 7. The molecule has 0 bridgehead atoms. The molecular weight excluding hydrogens is 575 g/mol. The van der Waals surface area contributed by atoms with E-state index in [0.717, 1.165) is 80.1 Å². The second kappa shape index (κ2) is 12.0. The average molecular weight is 606 g/mol. The number of amides is 1. The first-order valence-electron chi connectivity index (χ1n) is 13.3. The molecule has 39 heavy (non-hydrogen) atoms. The number of aromatic nitrogens is 3. The summed E-state index contributed by atoms with van der Waals surface area (Å²) in [5.74, 6) is 2.83. The summed E-state index contributed by atoms with van der Waals surface area (Å²) in [5, 5.41) is 3.58. The lowest BCUT2D eigenvalue weighted by Gasteiger charge is -2.35. The Morgan fingerprint density at radius 1 is 0.795 bits per heavy atom. The number of hydrogen-bond donors (Lipinski definition) is 1. The molecule has 1 N–H and O–H groups in total. The molecule has 9 nitrogen and oxygen atoms in total. The Labute approximate surface area is 246 Å². The van der Waals surface area contributed by atoms with Gasteiger partial charge in [0, 0.05) is 81.3 Å². The van der Waals surface area contributed by atoms with Crippen molar-refractivity contribution in [1.29, 1.82) is 0 Å². The molecule has 0 radical (unpaired) electrons. The van der Waals surface area contributed by atoms with Crippen LogP contribution in [0.3, 0.4) is 0 Å². The molecule has 3 fully saturated rings. The largest absolute Gasteiger partial charge is 0.356 e. The van der Waals surface area contributed by atoms with Crippen molar-refractivity contribution in [1.82, 2.24) is 19.9 Å². The highest BCUT2D eigenvalue weighted by molar-refractivity contribution is 8.14. The number of benzene rings is 1. The van der Waals surface area contributed by atoms with E-state index in [4.69, 9.17) is 33.2 Å². The molecule has 1 aromatic carbocycles. The molecule has 3 saturated heterocycles. The lowest BCUT2D eigenvalue weighted by molar-refractivity contribution is 0.219. The van der Waals surface area contributed by atoms with Crippen molar-refractivity contribution in [3.05, 3.63) is 39.7 Å². The van der Waals surface area contributed by atoms with Gasteiger partial charge in [-0.25, -0.2) is 4.98 Å². The van der Waals surface area contributed by atoms with E-state index < -0.39 is 0 Å². The lowest BCUT2D eigenvalue weighted by Crippen LogP contribution is -2.48. The van der Waals surface area contributed by atoms with Crippen LogP contribution in [0.25, 0.3) is 11.3 Å². The lowest BCUT2D eigenvalue weighted by atomic mass is 10.2. The highest BCUT2D eigenvalue weighted by Gasteiger charge is 2.26. The van der Waals surface area contributed by atoms with Gasteiger partial charge < -0.3 is 19.6 Å². The van der Waals surface area contributed by atoms with Gasteiger partial charge in [0.2, 0.25) is 5.95 Å². The zero-order valence-corrected chi connectivity index (χ0v) is 24.6. The van der Waals surface area contributed by atoms with Gasteiger partial charge in [0.15, 0.2) is 5.13 Å². The van der Waals surface area contributed by atoms with E-state index in [0.29, 0.717) is 28.3 Å². The van der Waals surface area contributed by atoms with Crippen LogP contribution < -0.4 is 19.4 Å². The van der Waals surface area contributed by atoms with E-state index in [2.05, 4.69) is 30.5 Å². The first-order chi connectivity index (χ1) is 19.0. The fourth-order valence-electron chi connectivity index (χ4n) is 5.12. The quantitative estimate of drug-likeness (QED) is 0.335. The van der Waals surface area contributed by atoms with E-state index in [1.807, 2.05) is 16.3 Å². The van der Waals surface area contributed by atoms with Crippen LogP contribution in [-0.4, -0.2) is 77.4 Å². The number of piperazine rings is 1. The van der Waals surface area contributed by atoms with Crippen LogP contribution in [0.2, 0.25) is 10.0 Å². The van der Waals surface area contributed by atoms with E-state index in [1.165, 1.54) is 37.0 Å². The van der Waals surface area contributed by atoms with Gasteiger partial charge in [-0.15, -0.1) is 11.3 Å². The highest BCUT2D eigenvalue weighted by atomic mass is 35.5. The molecule has 6 rings (SSSR count). The van der Waals surface area contributed by atoms with Crippen LogP contribution in [0.15, 0.2) is 29.6 Å².